The van der Waals surface area contributed by atoms with Crippen LogP contribution in [-0.2, 0) is 9.53 Å². The third-order valence-corrected chi connectivity index (χ3v) is 1.25. The summed E-state index contributed by atoms with van der Waals surface area (Å²) in [5.74, 6) is -0.506. The number of rotatable bonds is 2. The van der Waals surface area contributed by atoms with Gasteiger partial charge in [-0.2, -0.15) is 5.10 Å². The maximum atomic E-state index is 10.8. The van der Waals surface area contributed by atoms with E-state index < -0.39 is 12.1 Å². The lowest BCUT2D eigenvalue weighted by Crippen LogP contribution is -2.28. The Balaban J connectivity index is 2.70. The smallest absolute Gasteiger partial charge is 0.345 e. The molecule has 0 saturated heterocycles. The lowest BCUT2D eigenvalue weighted by Gasteiger charge is -2.08. The van der Waals surface area contributed by atoms with E-state index in [0.29, 0.717) is 0 Å². The molecule has 1 atom stereocenters. The van der Waals surface area contributed by atoms with E-state index in [-0.39, 0.29) is 0 Å². The zero-order valence-corrected chi connectivity index (χ0v) is 6.10. The quantitative estimate of drug-likeness (QED) is 0.585. The molecule has 1 aromatic heterocycles. The van der Waals surface area contributed by atoms with Gasteiger partial charge in [0.15, 0.2) is 6.17 Å². The number of nitrogens with two attached hydrogens (primary N) is 1. The van der Waals surface area contributed by atoms with Crippen molar-refractivity contribution in [3.63, 3.8) is 0 Å². The number of carbonyl (C=O) groups is 1. The maximum absolute atomic E-state index is 10.8. The van der Waals surface area contributed by atoms with Crippen LogP contribution in [-0.4, -0.2) is 22.9 Å². The van der Waals surface area contributed by atoms with Crippen LogP contribution in [0.3, 0.4) is 0 Å². The molecule has 5 nitrogen and oxygen atoms in total. The number of methoxy groups -OCH3 is 1. The predicted molar refractivity (Wildman–Crippen MR) is 37.5 cm³/mol. The number of ether oxygens (including phenoxy) is 1. The second-order valence-corrected chi connectivity index (χ2v) is 1.95. The Bertz CT molecular complexity index is 232. The van der Waals surface area contributed by atoms with Gasteiger partial charge in [-0.25, -0.2) is 9.48 Å². The first-order valence-electron chi connectivity index (χ1n) is 3.08. The average Bonchev–Trinajstić information content (AvgIpc) is 2.53. The first kappa shape index (κ1) is 7.74. The van der Waals surface area contributed by atoms with Gasteiger partial charge in [0.2, 0.25) is 0 Å². The summed E-state index contributed by atoms with van der Waals surface area (Å²) >= 11 is 0. The molecule has 0 bridgehead atoms. The van der Waals surface area contributed by atoms with Crippen LogP contribution in [0.4, 0.5) is 0 Å². The van der Waals surface area contributed by atoms with Gasteiger partial charge in [0.25, 0.3) is 0 Å². The zero-order valence-electron chi connectivity index (χ0n) is 6.10. The van der Waals surface area contributed by atoms with Crippen molar-refractivity contribution in [1.82, 2.24) is 9.78 Å². The molecule has 0 aliphatic rings. The van der Waals surface area contributed by atoms with E-state index in [1.165, 1.54) is 11.8 Å². The molecule has 0 spiro atoms. The Morgan fingerprint density at radius 1 is 1.82 bits per heavy atom. The zero-order chi connectivity index (χ0) is 8.27. The van der Waals surface area contributed by atoms with Crippen LogP contribution in [0.2, 0.25) is 0 Å². The number of aromatic nitrogens is 2. The van der Waals surface area contributed by atoms with Crippen molar-refractivity contribution < 1.29 is 9.53 Å². The molecule has 5 heteroatoms. The summed E-state index contributed by atoms with van der Waals surface area (Å²) in [6, 6.07) is 1.68. The Morgan fingerprint density at radius 3 is 3.00 bits per heavy atom. The van der Waals surface area contributed by atoms with Crippen molar-refractivity contribution in [2.24, 2.45) is 5.73 Å². The minimum absolute atomic E-state index is 0.506. The molecule has 0 fully saturated rings. The highest BCUT2D eigenvalue weighted by Crippen LogP contribution is 1.97. The first-order valence-corrected chi connectivity index (χ1v) is 3.08. The van der Waals surface area contributed by atoms with Gasteiger partial charge in [0.1, 0.15) is 0 Å². The molecule has 1 aromatic rings. The van der Waals surface area contributed by atoms with Gasteiger partial charge in [-0.05, 0) is 6.07 Å². The van der Waals surface area contributed by atoms with E-state index in [4.69, 9.17) is 5.73 Å². The molecular weight excluding hydrogens is 146 g/mol. The molecule has 0 amide bonds. The molecule has 0 aliphatic heterocycles. The number of nitrogens with zero attached hydrogens (tertiary/aromatic N) is 2. The monoisotopic (exact) mass is 155 g/mol. The third-order valence-electron chi connectivity index (χ3n) is 1.25. The highest BCUT2D eigenvalue weighted by molar-refractivity contribution is 5.73. The summed E-state index contributed by atoms with van der Waals surface area (Å²) in [5, 5.41) is 3.78. The molecule has 60 valence electrons. The van der Waals surface area contributed by atoms with Crippen LogP contribution in [0.25, 0.3) is 0 Å². The molecule has 2 N–H and O–H groups in total. The number of esters is 1. The summed E-state index contributed by atoms with van der Waals surface area (Å²) in [7, 11) is 1.28. The fourth-order valence-electron chi connectivity index (χ4n) is 0.674. The van der Waals surface area contributed by atoms with E-state index in [9.17, 15) is 4.79 Å². The van der Waals surface area contributed by atoms with Gasteiger partial charge >= 0.3 is 5.97 Å². The summed E-state index contributed by atoms with van der Waals surface area (Å²) in [5.41, 5.74) is 5.42. The molecule has 1 rings (SSSR count). The molecule has 0 radical (unpaired) electrons. The normalized spacial score (nSPS) is 12.5. The van der Waals surface area contributed by atoms with Crippen LogP contribution >= 0.6 is 0 Å². The van der Waals surface area contributed by atoms with Gasteiger partial charge in [-0.3, -0.25) is 0 Å². The molecule has 0 aliphatic carbocycles. The molecule has 0 saturated carbocycles. The van der Waals surface area contributed by atoms with E-state index in [2.05, 4.69) is 9.84 Å². The van der Waals surface area contributed by atoms with E-state index in [1.54, 1.807) is 18.5 Å². The topological polar surface area (TPSA) is 70.1 Å². The molecular formula is C6H9N3O2. The maximum Gasteiger partial charge on any atom is 0.345 e. The minimum Gasteiger partial charge on any atom is -0.466 e. The average molecular weight is 155 g/mol. The summed E-state index contributed by atoms with van der Waals surface area (Å²) < 4.78 is 5.74. The van der Waals surface area contributed by atoms with Gasteiger partial charge in [-0.15, -0.1) is 0 Å². The van der Waals surface area contributed by atoms with Crippen molar-refractivity contribution in [2.45, 2.75) is 6.17 Å². The Hall–Kier alpha value is -1.36. The molecule has 0 aromatic carbocycles. The highest BCUT2D eigenvalue weighted by Gasteiger charge is 2.14. The van der Waals surface area contributed by atoms with Gasteiger partial charge in [0.05, 0.1) is 7.11 Å². The van der Waals surface area contributed by atoms with E-state index in [0.717, 1.165) is 0 Å². The van der Waals surface area contributed by atoms with Crippen molar-refractivity contribution in [2.75, 3.05) is 7.11 Å². The molecule has 0 unspecified atom stereocenters. The van der Waals surface area contributed by atoms with Crippen LogP contribution in [0.5, 0.6) is 0 Å². The first-order chi connectivity index (χ1) is 5.25. The minimum atomic E-state index is -0.838. The van der Waals surface area contributed by atoms with Gasteiger partial charge in [0, 0.05) is 12.4 Å². The second-order valence-electron chi connectivity index (χ2n) is 1.95. The van der Waals surface area contributed by atoms with Crippen LogP contribution in [0.1, 0.15) is 6.17 Å². The fraction of sp³-hybridized carbons (Fsp3) is 0.333. The number of hydrogen-bond acceptors (Lipinski definition) is 4. The van der Waals surface area contributed by atoms with Crippen molar-refractivity contribution >= 4 is 5.97 Å². The van der Waals surface area contributed by atoms with E-state index >= 15 is 0 Å². The second kappa shape index (κ2) is 3.16. The van der Waals surface area contributed by atoms with E-state index in [1.807, 2.05) is 0 Å². The summed E-state index contributed by atoms with van der Waals surface area (Å²) in [6.45, 7) is 0. The standard InChI is InChI=1S/C6H9N3O2/c1-11-6(10)5(7)9-4-2-3-8-9/h2-5H,7H2,1H3/t5-/m0/s1. The lowest BCUT2D eigenvalue weighted by molar-refractivity contribution is -0.144. The molecule has 1 heterocycles. The van der Waals surface area contributed by atoms with Crippen LogP contribution in [0, 0.1) is 0 Å². The van der Waals surface area contributed by atoms with Crippen molar-refractivity contribution in [3.8, 4) is 0 Å². The van der Waals surface area contributed by atoms with Crippen LogP contribution in [0.15, 0.2) is 18.5 Å². The van der Waals surface area contributed by atoms with Gasteiger partial charge in [-0.1, -0.05) is 0 Å². The SMILES string of the molecule is COC(=O)[C@@H](N)n1cccn1. The van der Waals surface area contributed by atoms with Crippen LogP contribution < -0.4 is 5.73 Å². The Labute approximate surface area is 63.7 Å². The number of carbonyl (C=O) groups excluding carboxylic acids is 1. The fourth-order valence-corrected chi connectivity index (χ4v) is 0.674. The Kier molecular flexibility index (Phi) is 2.22. The van der Waals surface area contributed by atoms with Crippen molar-refractivity contribution in [1.29, 1.82) is 0 Å². The largest absolute Gasteiger partial charge is 0.466 e. The highest BCUT2D eigenvalue weighted by atomic mass is 16.5. The predicted octanol–water partition coefficient (Wildman–Crippen LogP) is -0.487. The van der Waals surface area contributed by atoms with Crippen molar-refractivity contribution in [3.05, 3.63) is 18.5 Å². The third kappa shape index (κ3) is 1.56. The summed E-state index contributed by atoms with van der Waals surface area (Å²) in [4.78, 5) is 10.8. The Morgan fingerprint density at radius 2 is 2.55 bits per heavy atom. The lowest BCUT2D eigenvalue weighted by atomic mass is 10.5. The number of hydrogen-bond donors (Lipinski definition) is 1. The van der Waals surface area contributed by atoms with Gasteiger partial charge < -0.3 is 10.5 Å². The molecule has 11 heavy (non-hydrogen) atoms. The summed E-state index contributed by atoms with van der Waals surface area (Å²) in [6.07, 6.45) is 2.31.